The number of amidine groups is 1. The van der Waals surface area contributed by atoms with Gasteiger partial charge in [-0.2, -0.15) is 31.3 Å². The number of amides is 1. The average Bonchev–Trinajstić information content (AvgIpc) is 3.21. The number of carbonyl (C=O) groups excluding carboxylic acids is 1. The van der Waals surface area contributed by atoms with Gasteiger partial charge in [-0.05, 0) is 50.1 Å². The van der Waals surface area contributed by atoms with Gasteiger partial charge in [0.25, 0.3) is 5.91 Å². The zero-order valence-electron chi connectivity index (χ0n) is 21.2. The number of alkyl halides is 6. The highest BCUT2D eigenvalue weighted by atomic mass is 32.2. The second-order valence-electron chi connectivity index (χ2n) is 9.33. The van der Waals surface area contributed by atoms with E-state index in [2.05, 4.69) is 9.89 Å². The number of benzene rings is 2. The summed E-state index contributed by atoms with van der Waals surface area (Å²) in [6.07, 6.45) is -9.59. The van der Waals surface area contributed by atoms with Crippen LogP contribution in [-0.4, -0.2) is 53.6 Å². The van der Waals surface area contributed by atoms with Gasteiger partial charge in [0, 0.05) is 5.56 Å². The fourth-order valence-electron chi connectivity index (χ4n) is 4.47. The molecule has 0 saturated carbocycles. The molecule has 2 aromatic carbocycles. The Hall–Kier alpha value is -2.93. The molecule has 2 aliphatic heterocycles. The van der Waals surface area contributed by atoms with E-state index in [1.807, 2.05) is 13.8 Å². The maximum absolute atomic E-state index is 13.5. The van der Waals surface area contributed by atoms with Crippen LogP contribution in [0, 0.1) is 0 Å². The molecule has 1 saturated heterocycles. The fourth-order valence-corrected chi connectivity index (χ4v) is 5.78. The smallest absolute Gasteiger partial charge is 0.416 e. The third kappa shape index (κ3) is 6.63. The molecule has 2 aromatic rings. The van der Waals surface area contributed by atoms with Crippen molar-refractivity contribution in [3.8, 4) is 11.5 Å². The third-order valence-electron chi connectivity index (χ3n) is 6.39. The predicted octanol–water partition coefficient (Wildman–Crippen LogP) is 5.96. The number of halogens is 6. The molecule has 212 valence electrons. The van der Waals surface area contributed by atoms with E-state index < -0.39 is 40.9 Å². The largest absolute Gasteiger partial charge is 0.493 e. The van der Waals surface area contributed by atoms with Crippen LogP contribution in [-0.2, 0) is 34.9 Å². The summed E-state index contributed by atoms with van der Waals surface area (Å²) in [5.41, 5.74) is -2.56. The molecule has 0 aliphatic carbocycles. The second kappa shape index (κ2) is 11.3. The Morgan fingerprint density at radius 2 is 1.69 bits per heavy atom. The quantitative estimate of drug-likeness (QED) is 0.396. The minimum atomic E-state index is -5.00. The highest BCUT2D eigenvalue weighted by molar-refractivity contribution is 8.15. The minimum absolute atomic E-state index is 0.0735. The molecule has 2 aliphatic rings. The number of ether oxygens (including phenoxy) is 3. The highest BCUT2D eigenvalue weighted by Crippen LogP contribution is 2.39. The Morgan fingerprint density at radius 3 is 2.31 bits per heavy atom. The van der Waals surface area contributed by atoms with Crippen molar-refractivity contribution in [1.29, 1.82) is 0 Å². The molecule has 0 bridgehead atoms. The van der Waals surface area contributed by atoms with E-state index in [0.717, 1.165) is 11.6 Å². The van der Waals surface area contributed by atoms with E-state index in [1.54, 1.807) is 12.1 Å². The Labute approximate surface area is 225 Å². The van der Waals surface area contributed by atoms with Gasteiger partial charge in [-0.1, -0.05) is 23.9 Å². The normalized spacial score (nSPS) is 22.2. The first kappa shape index (κ1) is 29.1. The van der Waals surface area contributed by atoms with E-state index >= 15 is 0 Å². The lowest BCUT2D eigenvalue weighted by Gasteiger charge is -2.39. The number of morpholine rings is 1. The van der Waals surface area contributed by atoms with E-state index in [-0.39, 0.29) is 35.6 Å². The molecular formula is C26H26F6N2O4S. The van der Waals surface area contributed by atoms with Crippen LogP contribution in [0.1, 0.15) is 36.1 Å². The van der Waals surface area contributed by atoms with Gasteiger partial charge in [-0.25, -0.2) is 0 Å². The lowest BCUT2D eigenvalue weighted by molar-refractivity contribution is -0.143. The molecule has 1 fully saturated rings. The zero-order chi connectivity index (χ0) is 28.5. The van der Waals surface area contributed by atoms with Crippen LogP contribution in [0.5, 0.6) is 11.5 Å². The summed E-state index contributed by atoms with van der Waals surface area (Å²) in [6, 6.07) is 6.31. The molecule has 39 heavy (non-hydrogen) atoms. The Bertz CT molecular complexity index is 1240. The number of nitrogens with zero attached hydrogens (tertiary/aromatic N) is 2. The summed E-state index contributed by atoms with van der Waals surface area (Å²) in [4.78, 5) is 19.0. The van der Waals surface area contributed by atoms with Gasteiger partial charge in [-0.15, -0.1) is 0 Å². The predicted molar refractivity (Wildman–Crippen MR) is 133 cm³/mol. The van der Waals surface area contributed by atoms with Crippen LogP contribution in [0.3, 0.4) is 0 Å². The summed E-state index contributed by atoms with van der Waals surface area (Å²) in [5, 5.41) is 0.192. The van der Waals surface area contributed by atoms with Crippen molar-refractivity contribution in [1.82, 2.24) is 4.90 Å². The van der Waals surface area contributed by atoms with Crippen LogP contribution in [0.15, 0.2) is 41.4 Å². The van der Waals surface area contributed by atoms with Crippen LogP contribution in [0.2, 0.25) is 0 Å². The molecule has 0 aromatic heterocycles. The van der Waals surface area contributed by atoms with Crippen molar-refractivity contribution in [3.63, 3.8) is 0 Å². The van der Waals surface area contributed by atoms with Crippen molar-refractivity contribution in [2.75, 3.05) is 20.3 Å². The molecule has 4 rings (SSSR count). The van der Waals surface area contributed by atoms with Crippen LogP contribution < -0.4 is 9.47 Å². The van der Waals surface area contributed by atoms with Crippen LogP contribution in [0.4, 0.5) is 26.3 Å². The topological polar surface area (TPSA) is 60.4 Å². The maximum atomic E-state index is 13.5. The summed E-state index contributed by atoms with van der Waals surface area (Å²) in [7, 11) is 1.35. The Morgan fingerprint density at radius 1 is 1.00 bits per heavy atom. The van der Waals surface area contributed by atoms with Gasteiger partial charge in [0.15, 0.2) is 16.7 Å². The number of carbonyl (C=O) groups is 1. The summed E-state index contributed by atoms with van der Waals surface area (Å²) in [6.45, 7) is 4.45. The summed E-state index contributed by atoms with van der Waals surface area (Å²) < 4.78 is 95.6. The molecule has 0 N–H and O–H groups in total. The van der Waals surface area contributed by atoms with Crippen molar-refractivity contribution < 1.29 is 45.3 Å². The maximum Gasteiger partial charge on any atom is 0.416 e. The first-order valence-electron chi connectivity index (χ1n) is 12.0. The number of hydrogen-bond donors (Lipinski definition) is 0. The number of methoxy groups -OCH3 is 1. The minimum Gasteiger partial charge on any atom is -0.493 e. The first-order chi connectivity index (χ1) is 18.3. The van der Waals surface area contributed by atoms with E-state index in [4.69, 9.17) is 14.2 Å². The van der Waals surface area contributed by atoms with Gasteiger partial charge in [0.05, 0.1) is 48.8 Å². The van der Waals surface area contributed by atoms with Crippen molar-refractivity contribution in [2.24, 2.45) is 4.99 Å². The monoisotopic (exact) mass is 576 g/mol. The number of rotatable bonds is 6. The molecule has 6 nitrogen and oxygen atoms in total. The molecule has 0 spiro atoms. The highest BCUT2D eigenvalue weighted by Gasteiger charge is 2.39. The number of hydrogen-bond acceptors (Lipinski definition) is 6. The fraction of sp³-hybridized carbons (Fsp3) is 0.462. The summed E-state index contributed by atoms with van der Waals surface area (Å²) in [5.74, 6) is 0.0507. The Kier molecular flexibility index (Phi) is 8.41. The van der Waals surface area contributed by atoms with E-state index in [9.17, 15) is 31.1 Å². The standard InChI is InChI=1S/C26H26F6N2O4S/c1-14-11-37-12-15(2)34(14)24-33-23(35)22(39-24)9-16-4-7-20(21(8-16)36-3)38-13-17-5-6-18(25(27,28)29)10-19(17)26(30,31)32/h4-8,10,14-15,22H,9,11-13H2,1-3H3. The lowest BCUT2D eigenvalue weighted by atomic mass is 10.0. The van der Waals surface area contributed by atoms with Crippen molar-refractivity contribution >= 4 is 22.8 Å². The van der Waals surface area contributed by atoms with Crippen LogP contribution >= 0.6 is 11.8 Å². The van der Waals surface area contributed by atoms with Gasteiger partial charge < -0.3 is 19.1 Å². The van der Waals surface area contributed by atoms with Gasteiger partial charge in [0.2, 0.25) is 0 Å². The van der Waals surface area contributed by atoms with Gasteiger partial charge in [-0.3, -0.25) is 4.79 Å². The molecule has 3 atom stereocenters. The van der Waals surface area contributed by atoms with E-state index in [1.165, 1.54) is 24.9 Å². The van der Waals surface area contributed by atoms with Gasteiger partial charge >= 0.3 is 12.4 Å². The number of aliphatic imine (C=N–C) groups is 1. The van der Waals surface area contributed by atoms with Crippen LogP contribution in [0.25, 0.3) is 0 Å². The Balaban J connectivity index is 1.46. The van der Waals surface area contributed by atoms with E-state index in [0.29, 0.717) is 30.9 Å². The molecule has 1 amide bonds. The molecular weight excluding hydrogens is 550 g/mol. The third-order valence-corrected chi connectivity index (χ3v) is 7.56. The lowest BCUT2D eigenvalue weighted by Crippen LogP contribution is -2.51. The molecule has 2 heterocycles. The molecule has 0 radical (unpaired) electrons. The molecule has 3 unspecified atom stereocenters. The summed E-state index contributed by atoms with van der Waals surface area (Å²) >= 11 is 1.37. The number of thioether (sulfide) groups is 1. The zero-order valence-corrected chi connectivity index (χ0v) is 22.0. The second-order valence-corrected chi connectivity index (χ2v) is 10.5. The molecule has 13 heteroatoms. The van der Waals surface area contributed by atoms with Crippen molar-refractivity contribution in [3.05, 3.63) is 58.7 Å². The average molecular weight is 577 g/mol. The first-order valence-corrected chi connectivity index (χ1v) is 12.9. The van der Waals surface area contributed by atoms with Crippen molar-refractivity contribution in [2.45, 2.75) is 56.6 Å². The SMILES string of the molecule is COc1cc(CC2SC(N3C(C)COCC3C)=NC2=O)ccc1OCc1ccc(C(F)(F)F)cc1C(F)(F)F. The van der Waals surface area contributed by atoms with Gasteiger partial charge in [0.1, 0.15) is 6.61 Å².